The van der Waals surface area contributed by atoms with Crippen molar-refractivity contribution in [2.45, 2.75) is 6.61 Å². The third kappa shape index (κ3) is 4.29. The van der Waals surface area contributed by atoms with Crippen molar-refractivity contribution in [3.8, 4) is 5.75 Å². The Bertz CT molecular complexity index is 715. The Kier molecular flexibility index (Phi) is 5.52. The zero-order valence-electron chi connectivity index (χ0n) is 11.1. The highest BCUT2D eigenvalue weighted by Gasteiger charge is 2.08. The number of para-hydroxylation sites is 1. The van der Waals surface area contributed by atoms with Gasteiger partial charge in [0.25, 0.3) is 0 Å². The maximum absolute atomic E-state index is 12.3. The summed E-state index contributed by atoms with van der Waals surface area (Å²) >= 11 is 11.6. The Morgan fingerprint density at radius 2 is 1.82 bits per heavy atom. The van der Waals surface area contributed by atoms with Crippen LogP contribution in [-0.4, -0.2) is 12.4 Å². The van der Waals surface area contributed by atoms with E-state index in [0.717, 1.165) is 0 Å². The standard InChI is InChI=1S/C16H10Cl2F2O2/c17-12-7-5-11(9-13(12)18)14(21)8-6-10-3-1-2-4-15(10)22-16(19)20/h1-9,16H/b8-6+. The van der Waals surface area contributed by atoms with Crippen molar-refractivity contribution in [1.29, 1.82) is 0 Å². The van der Waals surface area contributed by atoms with Gasteiger partial charge in [0.05, 0.1) is 10.0 Å². The molecule has 0 amide bonds. The fourth-order valence-electron chi connectivity index (χ4n) is 1.73. The van der Waals surface area contributed by atoms with Crippen molar-refractivity contribution in [1.82, 2.24) is 0 Å². The molecule has 22 heavy (non-hydrogen) atoms. The zero-order valence-corrected chi connectivity index (χ0v) is 12.6. The Labute approximate surface area is 135 Å². The van der Waals surface area contributed by atoms with Gasteiger partial charge in [-0.15, -0.1) is 0 Å². The zero-order chi connectivity index (χ0) is 16.1. The molecule has 0 aliphatic heterocycles. The van der Waals surface area contributed by atoms with Gasteiger partial charge in [0.1, 0.15) is 5.75 Å². The highest BCUT2D eigenvalue weighted by molar-refractivity contribution is 6.42. The largest absolute Gasteiger partial charge is 0.434 e. The Hall–Kier alpha value is -1.91. The molecule has 0 fully saturated rings. The summed E-state index contributed by atoms with van der Waals surface area (Å²) in [5.74, 6) is -0.332. The molecule has 2 aromatic carbocycles. The van der Waals surface area contributed by atoms with Crippen LogP contribution in [0.2, 0.25) is 10.0 Å². The number of carbonyl (C=O) groups excluding carboxylic acids is 1. The molecule has 0 atom stereocenters. The van der Waals surface area contributed by atoms with Crippen LogP contribution in [-0.2, 0) is 0 Å². The normalized spacial score (nSPS) is 11.1. The van der Waals surface area contributed by atoms with Crippen LogP contribution in [0.3, 0.4) is 0 Å². The minimum absolute atomic E-state index is 0.00399. The molecule has 114 valence electrons. The molecule has 0 aromatic heterocycles. The fourth-order valence-corrected chi connectivity index (χ4v) is 2.03. The van der Waals surface area contributed by atoms with E-state index in [1.54, 1.807) is 18.2 Å². The molecule has 0 spiro atoms. The lowest BCUT2D eigenvalue weighted by molar-refractivity contribution is -0.0499. The molecule has 0 N–H and O–H groups in total. The lowest BCUT2D eigenvalue weighted by atomic mass is 10.1. The van der Waals surface area contributed by atoms with Crippen molar-refractivity contribution < 1.29 is 18.3 Å². The highest BCUT2D eigenvalue weighted by atomic mass is 35.5. The Morgan fingerprint density at radius 3 is 2.50 bits per heavy atom. The van der Waals surface area contributed by atoms with Gasteiger partial charge in [-0.05, 0) is 36.4 Å². The van der Waals surface area contributed by atoms with Crippen LogP contribution in [0.25, 0.3) is 6.08 Å². The van der Waals surface area contributed by atoms with Gasteiger partial charge in [-0.2, -0.15) is 8.78 Å². The van der Waals surface area contributed by atoms with E-state index in [1.165, 1.54) is 36.4 Å². The number of hydrogen-bond donors (Lipinski definition) is 0. The van der Waals surface area contributed by atoms with Gasteiger partial charge in [0.15, 0.2) is 5.78 Å². The monoisotopic (exact) mass is 342 g/mol. The van der Waals surface area contributed by atoms with Crippen LogP contribution in [0, 0.1) is 0 Å². The molecule has 2 rings (SSSR count). The summed E-state index contributed by atoms with van der Waals surface area (Å²) in [6, 6.07) is 10.7. The third-order valence-corrected chi connectivity index (χ3v) is 3.49. The van der Waals surface area contributed by atoms with E-state index in [1.807, 2.05) is 0 Å². The van der Waals surface area contributed by atoms with Crippen molar-refractivity contribution in [3.05, 3.63) is 69.7 Å². The highest BCUT2D eigenvalue weighted by Crippen LogP contribution is 2.24. The fraction of sp³-hybridized carbons (Fsp3) is 0.0625. The summed E-state index contributed by atoms with van der Waals surface area (Å²) < 4.78 is 29.0. The van der Waals surface area contributed by atoms with E-state index < -0.39 is 6.61 Å². The molecule has 0 saturated heterocycles. The second-order valence-electron chi connectivity index (χ2n) is 4.24. The van der Waals surface area contributed by atoms with E-state index in [-0.39, 0.29) is 16.6 Å². The van der Waals surface area contributed by atoms with Gasteiger partial charge in [-0.3, -0.25) is 4.79 Å². The summed E-state index contributed by atoms with van der Waals surface area (Å²) in [7, 11) is 0. The van der Waals surface area contributed by atoms with Crippen LogP contribution in [0.15, 0.2) is 48.5 Å². The predicted molar refractivity (Wildman–Crippen MR) is 82.9 cm³/mol. The Balaban J connectivity index is 2.21. The van der Waals surface area contributed by atoms with Crippen molar-refractivity contribution in [2.24, 2.45) is 0 Å². The Morgan fingerprint density at radius 1 is 1.09 bits per heavy atom. The lowest BCUT2D eigenvalue weighted by Gasteiger charge is -2.07. The van der Waals surface area contributed by atoms with Gasteiger partial charge in [-0.1, -0.05) is 41.4 Å². The van der Waals surface area contributed by atoms with E-state index in [0.29, 0.717) is 16.1 Å². The average molecular weight is 343 g/mol. The molecular weight excluding hydrogens is 333 g/mol. The van der Waals surface area contributed by atoms with E-state index in [2.05, 4.69) is 4.74 Å². The number of carbonyl (C=O) groups is 1. The van der Waals surface area contributed by atoms with Gasteiger partial charge < -0.3 is 4.74 Å². The molecule has 6 heteroatoms. The molecule has 0 saturated carbocycles. The van der Waals surface area contributed by atoms with Gasteiger partial charge in [0, 0.05) is 11.1 Å². The lowest BCUT2D eigenvalue weighted by Crippen LogP contribution is -2.03. The number of hydrogen-bond acceptors (Lipinski definition) is 2. The predicted octanol–water partition coefficient (Wildman–Crippen LogP) is 5.49. The topological polar surface area (TPSA) is 26.3 Å². The van der Waals surface area contributed by atoms with Crippen molar-refractivity contribution >= 4 is 35.1 Å². The maximum atomic E-state index is 12.3. The van der Waals surface area contributed by atoms with Gasteiger partial charge in [-0.25, -0.2) is 0 Å². The summed E-state index contributed by atoms with van der Waals surface area (Å²) in [5, 5.41) is 0.611. The van der Waals surface area contributed by atoms with Crippen LogP contribution >= 0.6 is 23.2 Å². The van der Waals surface area contributed by atoms with Crippen LogP contribution < -0.4 is 4.74 Å². The van der Waals surface area contributed by atoms with Gasteiger partial charge in [0.2, 0.25) is 0 Å². The summed E-state index contributed by atoms with van der Waals surface area (Å²) in [5.41, 5.74) is 0.717. The number of benzene rings is 2. The first kappa shape index (κ1) is 16.5. The van der Waals surface area contributed by atoms with Crippen molar-refractivity contribution in [3.63, 3.8) is 0 Å². The maximum Gasteiger partial charge on any atom is 0.387 e. The molecular formula is C16H10Cl2F2O2. The second-order valence-corrected chi connectivity index (χ2v) is 5.06. The second kappa shape index (κ2) is 7.38. The van der Waals surface area contributed by atoms with Crippen molar-refractivity contribution in [2.75, 3.05) is 0 Å². The molecule has 0 unspecified atom stereocenters. The summed E-state index contributed by atoms with van der Waals surface area (Å²) in [4.78, 5) is 12.0. The smallest absolute Gasteiger partial charge is 0.387 e. The molecule has 0 aliphatic carbocycles. The number of ether oxygens (including phenoxy) is 1. The number of rotatable bonds is 5. The van der Waals surface area contributed by atoms with Crippen LogP contribution in [0.5, 0.6) is 5.75 Å². The number of halogens is 4. The number of alkyl halides is 2. The molecule has 0 radical (unpaired) electrons. The average Bonchev–Trinajstić information content (AvgIpc) is 2.48. The molecule has 0 heterocycles. The van der Waals surface area contributed by atoms with Crippen LogP contribution in [0.4, 0.5) is 8.78 Å². The quantitative estimate of drug-likeness (QED) is 0.530. The minimum atomic E-state index is -2.93. The molecule has 2 aromatic rings. The van der Waals surface area contributed by atoms with Gasteiger partial charge >= 0.3 is 6.61 Å². The van der Waals surface area contributed by atoms with E-state index in [4.69, 9.17) is 23.2 Å². The van der Waals surface area contributed by atoms with Crippen LogP contribution in [0.1, 0.15) is 15.9 Å². The minimum Gasteiger partial charge on any atom is -0.434 e. The first-order valence-corrected chi connectivity index (χ1v) is 6.94. The summed E-state index contributed by atoms with van der Waals surface area (Å²) in [6.07, 6.45) is 2.66. The molecule has 0 bridgehead atoms. The first-order valence-electron chi connectivity index (χ1n) is 6.18. The van der Waals surface area contributed by atoms with E-state index in [9.17, 15) is 13.6 Å². The third-order valence-electron chi connectivity index (χ3n) is 2.75. The SMILES string of the molecule is O=C(/C=C/c1ccccc1OC(F)F)c1ccc(Cl)c(Cl)c1. The summed E-state index contributed by atoms with van der Waals surface area (Å²) in [6.45, 7) is -2.93. The van der Waals surface area contributed by atoms with E-state index >= 15 is 0 Å². The number of ketones is 1. The molecule has 2 nitrogen and oxygen atoms in total. The molecule has 0 aliphatic rings. The first-order chi connectivity index (χ1) is 10.5. The number of allylic oxidation sites excluding steroid dienone is 1.